The van der Waals surface area contributed by atoms with E-state index < -0.39 is 5.91 Å². The lowest BCUT2D eigenvalue weighted by atomic mass is 10.2. The van der Waals surface area contributed by atoms with Gasteiger partial charge in [-0.3, -0.25) is 15.6 Å². The van der Waals surface area contributed by atoms with E-state index in [1.165, 1.54) is 6.07 Å². The molecule has 2 rings (SSSR count). The Morgan fingerprint density at radius 3 is 2.61 bits per heavy atom. The summed E-state index contributed by atoms with van der Waals surface area (Å²) in [5.74, 6) is -0.445. The number of amides is 1. The Morgan fingerprint density at radius 1 is 1.11 bits per heavy atom. The van der Waals surface area contributed by atoms with Crippen molar-refractivity contribution < 1.29 is 9.90 Å². The quantitative estimate of drug-likeness (QED) is 0.764. The molecule has 2 aromatic carbocycles. The molecular weight excluding hydrogens is 296 g/mol. The van der Waals surface area contributed by atoms with Crippen LogP contribution in [0, 0.1) is 0 Å². The maximum Gasteiger partial charge on any atom is 0.273 e. The first-order chi connectivity index (χ1) is 8.66. The first-order valence-corrected chi connectivity index (χ1v) is 6.06. The van der Waals surface area contributed by atoms with Gasteiger partial charge >= 0.3 is 0 Å². The van der Waals surface area contributed by atoms with Crippen LogP contribution in [-0.2, 0) is 0 Å². The maximum absolute atomic E-state index is 11.8. The zero-order valence-corrected chi connectivity index (χ0v) is 10.9. The first kappa shape index (κ1) is 12.4. The van der Waals surface area contributed by atoms with Gasteiger partial charge in [-0.1, -0.05) is 34.1 Å². The van der Waals surface area contributed by atoms with Gasteiger partial charge in [0.2, 0.25) is 0 Å². The van der Waals surface area contributed by atoms with E-state index in [1.54, 1.807) is 18.2 Å². The summed E-state index contributed by atoms with van der Waals surface area (Å²) >= 11 is 3.33. The van der Waals surface area contributed by atoms with Crippen molar-refractivity contribution >= 4 is 27.5 Å². The molecule has 0 saturated heterocycles. The summed E-state index contributed by atoms with van der Waals surface area (Å²) in [6, 6.07) is 13.7. The Kier molecular flexibility index (Phi) is 3.84. The Morgan fingerprint density at radius 2 is 1.89 bits per heavy atom. The summed E-state index contributed by atoms with van der Waals surface area (Å²) in [5.41, 5.74) is 6.25. The fraction of sp³-hybridized carbons (Fsp3) is 0. The summed E-state index contributed by atoms with van der Waals surface area (Å²) in [7, 11) is 0. The van der Waals surface area contributed by atoms with Gasteiger partial charge in [-0.2, -0.15) is 0 Å². The number of nitrogens with one attached hydrogen (secondary N) is 2. The Hall–Kier alpha value is -2.01. The average Bonchev–Trinajstić information content (AvgIpc) is 2.37. The second-order valence-electron chi connectivity index (χ2n) is 3.61. The third-order valence-corrected chi connectivity index (χ3v) is 2.79. The molecular formula is C13H11BrN2O2. The highest BCUT2D eigenvalue weighted by atomic mass is 79.9. The molecule has 0 saturated carbocycles. The minimum Gasteiger partial charge on any atom is -0.507 e. The smallest absolute Gasteiger partial charge is 0.273 e. The van der Waals surface area contributed by atoms with Crippen LogP contribution in [0.15, 0.2) is 53.0 Å². The third kappa shape index (κ3) is 3.01. The van der Waals surface area contributed by atoms with E-state index in [-0.39, 0.29) is 11.3 Å². The van der Waals surface area contributed by atoms with Crippen molar-refractivity contribution in [2.24, 2.45) is 0 Å². The molecule has 0 fully saturated rings. The predicted octanol–water partition coefficient (Wildman–Crippen LogP) is 2.91. The molecule has 3 N–H and O–H groups in total. The van der Waals surface area contributed by atoms with Crippen LogP contribution < -0.4 is 10.9 Å². The number of benzene rings is 2. The average molecular weight is 307 g/mol. The zero-order valence-electron chi connectivity index (χ0n) is 9.35. The molecule has 0 spiro atoms. The lowest BCUT2D eigenvalue weighted by Crippen LogP contribution is -2.29. The van der Waals surface area contributed by atoms with Gasteiger partial charge in [0.1, 0.15) is 5.75 Å². The minimum atomic E-state index is -0.395. The van der Waals surface area contributed by atoms with Gasteiger partial charge in [0.05, 0.1) is 11.3 Å². The molecule has 0 heterocycles. The van der Waals surface area contributed by atoms with Crippen LogP contribution in [0.5, 0.6) is 5.75 Å². The molecule has 1 amide bonds. The highest BCUT2D eigenvalue weighted by molar-refractivity contribution is 9.10. The molecule has 0 unspecified atom stereocenters. The molecule has 5 heteroatoms. The van der Waals surface area contributed by atoms with E-state index in [0.29, 0.717) is 0 Å². The van der Waals surface area contributed by atoms with E-state index in [1.807, 2.05) is 24.3 Å². The standard InChI is InChI=1S/C13H11BrN2O2/c14-9-4-3-5-10(8-9)15-16-13(18)11-6-1-2-7-12(11)17/h1-8,15,17H,(H,16,18). The summed E-state index contributed by atoms with van der Waals surface area (Å²) in [4.78, 5) is 11.8. The van der Waals surface area contributed by atoms with Crippen LogP contribution in [0.2, 0.25) is 0 Å². The fourth-order valence-electron chi connectivity index (χ4n) is 1.43. The summed E-state index contributed by atoms with van der Waals surface area (Å²) in [6.45, 7) is 0. The predicted molar refractivity (Wildman–Crippen MR) is 73.3 cm³/mol. The number of hydrogen-bond donors (Lipinski definition) is 3. The van der Waals surface area contributed by atoms with Crippen LogP contribution in [0.4, 0.5) is 5.69 Å². The van der Waals surface area contributed by atoms with Gasteiger partial charge in [-0.15, -0.1) is 0 Å². The van der Waals surface area contributed by atoms with Crippen molar-refractivity contribution in [2.45, 2.75) is 0 Å². The Balaban J connectivity index is 2.03. The normalized spacial score (nSPS) is 9.83. The number of hydrazine groups is 1. The molecule has 0 aliphatic rings. The van der Waals surface area contributed by atoms with E-state index in [0.717, 1.165) is 10.2 Å². The Labute approximate surface area is 113 Å². The van der Waals surface area contributed by atoms with Crippen LogP contribution in [0.1, 0.15) is 10.4 Å². The van der Waals surface area contributed by atoms with Gasteiger partial charge < -0.3 is 5.11 Å². The topological polar surface area (TPSA) is 61.4 Å². The van der Waals surface area contributed by atoms with E-state index >= 15 is 0 Å². The van der Waals surface area contributed by atoms with E-state index in [4.69, 9.17) is 0 Å². The van der Waals surface area contributed by atoms with Crippen LogP contribution >= 0.6 is 15.9 Å². The fourth-order valence-corrected chi connectivity index (χ4v) is 1.83. The van der Waals surface area contributed by atoms with Crippen LogP contribution in [0.3, 0.4) is 0 Å². The first-order valence-electron chi connectivity index (χ1n) is 5.27. The second kappa shape index (κ2) is 5.55. The summed E-state index contributed by atoms with van der Waals surface area (Å²) in [6.07, 6.45) is 0. The molecule has 4 nitrogen and oxygen atoms in total. The number of carbonyl (C=O) groups is 1. The highest BCUT2D eigenvalue weighted by Crippen LogP contribution is 2.16. The molecule has 18 heavy (non-hydrogen) atoms. The van der Waals surface area contributed by atoms with Crippen LogP contribution in [-0.4, -0.2) is 11.0 Å². The molecule has 2 aromatic rings. The van der Waals surface area contributed by atoms with Crippen molar-refractivity contribution in [3.63, 3.8) is 0 Å². The van der Waals surface area contributed by atoms with Crippen molar-refractivity contribution in [3.8, 4) is 5.75 Å². The molecule has 0 aromatic heterocycles. The van der Waals surface area contributed by atoms with Gasteiger partial charge in [0.25, 0.3) is 5.91 Å². The number of hydrogen-bond acceptors (Lipinski definition) is 3. The monoisotopic (exact) mass is 306 g/mol. The number of phenolic OH excluding ortho intramolecular Hbond substituents is 1. The molecule has 0 aliphatic heterocycles. The number of carbonyl (C=O) groups excluding carboxylic acids is 1. The largest absolute Gasteiger partial charge is 0.507 e. The van der Waals surface area contributed by atoms with Crippen molar-refractivity contribution in [2.75, 3.05) is 5.43 Å². The second-order valence-corrected chi connectivity index (χ2v) is 4.52. The minimum absolute atomic E-state index is 0.0500. The molecule has 0 atom stereocenters. The molecule has 0 aliphatic carbocycles. The van der Waals surface area contributed by atoms with Gasteiger partial charge in [-0.25, -0.2) is 0 Å². The zero-order chi connectivity index (χ0) is 13.0. The van der Waals surface area contributed by atoms with Gasteiger partial charge in [0.15, 0.2) is 0 Å². The van der Waals surface area contributed by atoms with Gasteiger partial charge in [-0.05, 0) is 30.3 Å². The number of para-hydroxylation sites is 1. The summed E-state index contributed by atoms with van der Waals surface area (Å²) < 4.78 is 0.907. The van der Waals surface area contributed by atoms with Crippen LogP contribution in [0.25, 0.3) is 0 Å². The lowest BCUT2D eigenvalue weighted by molar-refractivity contribution is 0.0960. The molecule has 0 bridgehead atoms. The van der Waals surface area contributed by atoms with Crippen molar-refractivity contribution in [3.05, 3.63) is 58.6 Å². The molecule has 92 valence electrons. The number of rotatable bonds is 3. The molecule has 0 radical (unpaired) electrons. The third-order valence-electron chi connectivity index (χ3n) is 2.29. The highest BCUT2D eigenvalue weighted by Gasteiger charge is 2.09. The van der Waals surface area contributed by atoms with Crippen molar-refractivity contribution in [1.29, 1.82) is 0 Å². The van der Waals surface area contributed by atoms with Gasteiger partial charge in [0, 0.05) is 4.47 Å². The SMILES string of the molecule is O=C(NNc1cccc(Br)c1)c1ccccc1O. The Bertz CT molecular complexity index is 572. The number of halogens is 1. The number of anilines is 1. The number of aromatic hydroxyl groups is 1. The lowest BCUT2D eigenvalue weighted by Gasteiger charge is -2.09. The van der Waals surface area contributed by atoms with E-state index in [2.05, 4.69) is 26.8 Å². The summed E-state index contributed by atoms with van der Waals surface area (Å²) in [5, 5.41) is 9.53. The number of phenols is 1. The maximum atomic E-state index is 11.8. The van der Waals surface area contributed by atoms with E-state index in [9.17, 15) is 9.90 Å². The van der Waals surface area contributed by atoms with Crippen molar-refractivity contribution in [1.82, 2.24) is 5.43 Å².